The third-order valence-corrected chi connectivity index (χ3v) is 6.94. The predicted molar refractivity (Wildman–Crippen MR) is 117 cm³/mol. The summed E-state index contributed by atoms with van der Waals surface area (Å²) in [4.78, 5) is 12.3. The number of nitrogens with zero attached hydrogens (tertiary/aromatic N) is 2. The molecule has 0 radical (unpaired) electrons. The van der Waals surface area contributed by atoms with E-state index in [1.807, 2.05) is 6.07 Å². The van der Waals surface area contributed by atoms with Crippen molar-refractivity contribution in [3.63, 3.8) is 0 Å². The lowest BCUT2D eigenvalue weighted by Crippen LogP contribution is -2.28. The number of methoxy groups -OCH3 is 1. The lowest BCUT2D eigenvalue weighted by molar-refractivity contribution is -0.116. The lowest BCUT2D eigenvalue weighted by atomic mass is 10.2. The molecule has 3 rings (SSSR count). The maximum Gasteiger partial charge on any atom is 0.243 e. The maximum atomic E-state index is 12.7. The molecule has 1 aliphatic heterocycles. The molecule has 0 spiro atoms. The van der Waals surface area contributed by atoms with Gasteiger partial charge < -0.3 is 19.9 Å². The van der Waals surface area contributed by atoms with Crippen molar-refractivity contribution in [2.75, 3.05) is 32.1 Å². The van der Waals surface area contributed by atoms with Gasteiger partial charge in [-0.05, 0) is 49.6 Å². The number of hydrogen-bond acceptors (Lipinski definition) is 7. The summed E-state index contributed by atoms with van der Waals surface area (Å²) in [7, 11) is -2.18. The van der Waals surface area contributed by atoms with E-state index in [1.54, 1.807) is 18.2 Å². The standard InChI is InChI=1S/C22H25N3O6S/c1-30-21-13-16(15-23)6-9-20(21)31-12-4-5-22(27)24-18-14-17(7-8-19(18)26)32(28,29)25-10-2-3-11-25/h6-9,13-14,26H,2-5,10-12H2,1H3,(H,24,27). The summed E-state index contributed by atoms with van der Waals surface area (Å²) in [6, 6.07) is 10.7. The molecule has 1 saturated heterocycles. The van der Waals surface area contributed by atoms with Gasteiger partial charge >= 0.3 is 0 Å². The number of amides is 1. The van der Waals surface area contributed by atoms with Gasteiger partial charge in [0.15, 0.2) is 11.5 Å². The topological polar surface area (TPSA) is 129 Å². The van der Waals surface area contributed by atoms with Gasteiger partial charge in [0.1, 0.15) is 5.75 Å². The quantitative estimate of drug-likeness (QED) is 0.436. The molecule has 9 nitrogen and oxygen atoms in total. The fraction of sp³-hybridized carbons (Fsp3) is 0.364. The number of nitriles is 1. The molecule has 1 aliphatic rings. The van der Waals surface area contributed by atoms with E-state index in [-0.39, 0.29) is 35.3 Å². The van der Waals surface area contributed by atoms with Crippen molar-refractivity contribution in [3.05, 3.63) is 42.0 Å². The first kappa shape index (κ1) is 23.4. The molecule has 32 heavy (non-hydrogen) atoms. The smallest absolute Gasteiger partial charge is 0.243 e. The molecular weight excluding hydrogens is 434 g/mol. The average Bonchev–Trinajstić information content (AvgIpc) is 3.34. The monoisotopic (exact) mass is 459 g/mol. The van der Waals surface area contributed by atoms with Crippen molar-refractivity contribution in [3.8, 4) is 23.3 Å². The number of aromatic hydroxyl groups is 1. The van der Waals surface area contributed by atoms with Crippen LogP contribution in [-0.4, -0.2) is 50.5 Å². The molecule has 1 heterocycles. The number of carbonyl (C=O) groups excluding carboxylic acids is 1. The van der Waals surface area contributed by atoms with Gasteiger partial charge in [0.05, 0.1) is 35.9 Å². The molecule has 0 saturated carbocycles. The Morgan fingerprint density at radius 2 is 1.94 bits per heavy atom. The van der Waals surface area contributed by atoms with Crippen molar-refractivity contribution in [1.82, 2.24) is 4.31 Å². The Labute approximate surface area is 187 Å². The molecule has 0 bridgehead atoms. The van der Waals surface area contributed by atoms with Gasteiger partial charge in [0.25, 0.3) is 0 Å². The summed E-state index contributed by atoms with van der Waals surface area (Å²) in [5, 5.41) is 21.5. The largest absolute Gasteiger partial charge is 0.506 e. The van der Waals surface area contributed by atoms with Crippen LogP contribution in [0.25, 0.3) is 0 Å². The number of carbonyl (C=O) groups is 1. The molecule has 1 fully saturated rings. The first-order chi connectivity index (χ1) is 15.3. The SMILES string of the molecule is COc1cc(C#N)ccc1OCCCC(=O)Nc1cc(S(=O)(=O)N2CCCC2)ccc1O. The fourth-order valence-electron chi connectivity index (χ4n) is 3.34. The van der Waals surface area contributed by atoms with Crippen molar-refractivity contribution < 1.29 is 27.8 Å². The molecule has 0 aliphatic carbocycles. The van der Waals surface area contributed by atoms with Crippen molar-refractivity contribution in [1.29, 1.82) is 5.26 Å². The summed E-state index contributed by atoms with van der Waals surface area (Å²) in [5.74, 6) is 0.294. The third kappa shape index (κ3) is 5.49. The van der Waals surface area contributed by atoms with Gasteiger partial charge in [-0.1, -0.05) is 0 Å². The van der Waals surface area contributed by atoms with Crippen LogP contribution in [0.2, 0.25) is 0 Å². The van der Waals surface area contributed by atoms with Crippen molar-refractivity contribution >= 4 is 21.6 Å². The number of anilines is 1. The molecule has 2 N–H and O–H groups in total. The average molecular weight is 460 g/mol. The van der Waals surface area contributed by atoms with E-state index >= 15 is 0 Å². The molecule has 0 atom stereocenters. The highest BCUT2D eigenvalue weighted by Gasteiger charge is 2.27. The number of nitrogens with one attached hydrogen (secondary N) is 1. The van der Waals surface area contributed by atoms with Crippen LogP contribution in [0.1, 0.15) is 31.2 Å². The van der Waals surface area contributed by atoms with Crippen LogP contribution in [0.5, 0.6) is 17.2 Å². The van der Waals surface area contributed by atoms with E-state index in [4.69, 9.17) is 14.7 Å². The van der Waals surface area contributed by atoms with Gasteiger partial charge in [0.2, 0.25) is 15.9 Å². The number of phenolic OH excluding ortho intramolecular Hbond substituents is 1. The van der Waals surface area contributed by atoms with E-state index in [9.17, 15) is 18.3 Å². The van der Waals surface area contributed by atoms with E-state index in [1.165, 1.54) is 29.6 Å². The number of hydrogen-bond donors (Lipinski definition) is 2. The molecule has 1 amide bonds. The molecule has 0 unspecified atom stereocenters. The third-order valence-electron chi connectivity index (χ3n) is 5.04. The Morgan fingerprint density at radius 3 is 2.62 bits per heavy atom. The van der Waals surface area contributed by atoms with Crippen molar-refractivity contribution in [2.24, 2.45) is 0 Å². The molecule has 10 heteroatoms. The van der Waals surface area contributed by atoms with Crippen LogP contribution in [0, 0.1) is 11.3 Å². The minimum absolute atomic E-state index is 0.0312. The minimum atomic E-state index is -3.66. The highest BCUT2D eigenvalue weighted by molar-refractivity contribution is 7.89. The Bertz CT molecular complexity index is 1120. The molecule has 0 aromatic heterocycles. The number of sulfonamides is 1. The van der Waals surface area contributed by atoms with Gasteiger partial charge in [-0.2, -0.15) is 9.57 Å². The van der Waals surface area contributed by atoms with Crippen LogP contribution in [0.4, 0.5) is 5.69 Å². The van der Waals surface area contributed by atoms with Crippen LogP contribution in [-0.2, 0) is 14.8 Å². The Morgan fingerprint density at radius 1 is 1.19 bits per heavy atom. The normalized spacial score (nSPS) is 14.0. The Kier molecular flexibility index (Phi) is 7.56. The second-order valence-corrected chi connectivity index (χ2v) is 9.21. The molecular formula is C22H25N3O6S. The number of phenols is 1. The van der Waals surface area contributed by atoms with Crippen molar-refractivity contribution in [2.45, 2.75) is 30.6 Å². The van der Waals surface area contributed by atoms with Crippen LogP contribution in [0.3, 0.4) is 0 Å². The van der Waals surface area contributed by atoms with Gasteiger partial charge in [-0.3, -0.25) is 4.79 Å². The Balaban J connectivity index is 1.56. The van der Waals surface area contributed by atoms with E-state index < -0.39 is 10.0 Å². The highest BCUT2D eigenvalue weighted by Crippen LogP contribution is 2.30. The van der Waals surface area contributed by atoms with Gasteiger partial charge in [-0.15, -0.1) is 0 Å². The summed E-state index contributed by atoms with van der Waals surface area (Å²) in [5.41, 5.74) is 0.493. The zero-order valence-corrected chi connectivity index (χ0v) is 18.5. The van der Waals surface area contributed by atoms with E-state index in [0.717, 1.165) is 12.8 Å². The highest BCUT2D eigenvalue weighted by atomic mass is 32.2. The summed E-state index contributed by atoms with van der Waals surface area (Å²) < 4.78 is 37.6. The second kappa shape index (κ2) is 10.3. The number of benzene rings is 2. The van der Waals surface area contributed by atoms with E-state index in [0.29, 0.717) is 36.6 Å². The summed E-state index contributed by atoms with van der Waals surface area (Å²) >= 11 is 0. The number of ether oxygens (including phenoxy) is 2. The molecule has 2 aromatic rings. The van der Waals surface area contributed by atoms with E-state index in [2.05, 4.69) is 5.32 Å². The first-order valence-corrected chi connectivity index (χ1v) is 11.6. The number of rotatable bonds is 9. The van der Waals surface area contributed by atoms with Gasteiger partial charge in [0, 0.05) is 25.6 Å². The zero-order valence-electron chi connectivity index (χ0n) is 17.7. The van der Waals surface area contributed by atoms with Gasteiger partial charge in [-0.25, -0.2) is 8.42 Å². The van der Waals surface area contributed by atoms with Crippen LogP contribution >= 0.6 is 0 Å². The minimum Gasteiger partial charge on any atom is -0.506 e. The van der Waals surface area contributed by atoms with Crippen LogP contribution in [0.15, 0.2) is 41.3 Å². The van der Waals surface area contributed by atoms with Crippen LogP contribution < -0.4 is 14.8 Å². The summed E-state index contributed by atoms with van der Waals surface area (Å²) in [6.45, 7) is 1.16. The Hall–Kier alpha value is -3.29. The second-order valence-electron chi connectivity index (χ2n) is 7.27. The zero-order chi connectivity index (χ0) is 23.1. The molecule has 170 valence electrons. The maximum absolute atomic E-state index is 12.7. The fourth-order valence-corrected chi connectivity index (χ4v) is 4.88. The molecule has 2 aromatic carbocycles. The first-order valence-electron chi connectivity index (χ1n) is 10.2. The lowest BCUT2D eigenvalue weighted by Gasteiger charge is -2.16. The predicted octanol–water partition coefficient (Wildman–Crippen LogP) is 2.85. The summed E-state index contributed by atoms with van der Waals surface area (Å²) in [6.07, 6.45) is 2.11.